The van der Waals surface area contributed by atoms with Gasteiger partial charge in [0.15, 0.2) is 0 Å². The van der Waals surface area contributed by atoms with E-state index in [0.717, 1.165) is 10.9 Å². The number of nitrogens with one attached hydrogen (secondary N) is 2. The molecular weight excluding hydrogens is 450 g/mol. The summed E-state index contributed by atoms with van der Waals surface area (Å²) in [6.07, 6.45) is 2.33. The maximum absolute atomic E-state index is 12.7. The highest BCUT2D eigenvalue weighted by molar-refractivity contribution is 7.89. The molecule has 0 aromatic heterocycles. The minimum atomic E-state index is -3.69. The minimum absolute atomic E-state index is 0.109. The molecule has 0 saturated carbocycles. The van der Waals surface area contributed by atoms with Crippen molar-refractivity contribution in [3.63, 3.8) is 0 Å². The first-order chi connectivity index (χ1) is 16.3. The highest BCUT2D eigenvalue weighted by atomic mass is 32.2. The van der Waals surface area contributed by atoms with E-state index in [2.05, 4.69) is 47.5 Å². The van der Waals surface area contributed by atoms with Gasteiger partial charge in [-0.1, -0.05) is 49.0 Å². The second kappa shape index (κ2) is 11.6. The van der Waals surface area contributed by atoms with Crippen molar-refractivity contribution in [3.05, 3.63) is 90.5 Å². The molecule has 0 atom stereocenters. The first-order valence-corrected chi connectivity index (χ1v) is 12.5. The van der Waals surface area contributed by atoms with E-state index in [0.29, 0.717) is 31.5 Å². The molecule has 3 aromatic carbocycles. The van der Waals surface area contributed by atoms with Crippen molar-refractivity contribution in [2.24, 2.45) is 0 Å². The van der Waals surface area contributed by atoms with E-state index in [9.17, 15) is 18.0 Å². The fraction of sp³-hybridized carbons (Fsp3) is 0.231. The van der Waals surface area contributed by atoms with E-state index in [1.165, 1.54) is 47.1 Å². The summed E-state index contributed by atoms with van der Waals surface area (Å²) in [4.78, 5) is 23.7. The number of carbonyl (C=O) groups excluding carboxylic acids is 2. The van der Waals surface area contributed by atoms with Crippen molar-refractivity contribution in [2.75, 3.05) is 26.7 Å². The van der Waals surface area contributed by atoms with Crippen LogP contribution in [0.1, 0.15) is 22.3 Å². The van der Waals surface area contributed by atoms with Crippen LogP contribution in [0.25, 0.3) is 10.8 Å². The number of benzene rings is 3. The summed E-state index contributed by atoms with van der Waals surface area (Å²) in [5.41, 5.74) is 1.53. The average Bonchev–Trinajstić information content (AvgIpc) is 2.86. The van der Waals surface area contributed by atoms with Crippen LogP contribution >= 0.6 is 0 Å². The van der Waals surface area contributed by atoms with E-state index < -0.39 is 10.0 Å². The Bertz CT molecular complexity index is 1270. The zero-order valence-electron chi connectivity index (χ0n) is 19.2. The van der Waals surface area contributed by atoms with Gasteiger partial charge in [0.05, 0.1) is 4.90 Å². The van der Waals surface area contributed by atoms with Crippen molar-refractivity contribution in [2.45, 2.75) is 17.7 Å². The molecule has 0 radical (unpaired) electrons. The Morgan fingerprint density at radius 3 is 2.35 bits per heavy atom. The van der Waals surface area contributed by atoms with E-state index in [-0.39, 0.29) is 23.3 Å². The highest BCUT2D eigenvalue weighted by Gasteiger charge is 2.20. The van der Waals surface area contributed by atoms with E-state index >= 15 is 0 Å². The summed E-state index contributed by atoms with van der Waals surface area (Å²) in [6, 6.07) is 20.3. The summed E-state index contributed by atoms with van der Waals surface area (Å²) < 4.78 is 26.7. The molecule has 0 heterocycles. The number of sulfonamides is 1. The normalized spacial score (nSPS) is 11.4. The Hall–Kier alpha value is -3.49. The molecule has 34 heavy (non-hydrogen) atoms. The molecule has 0 bridgehead atoms. The van der Waals surface area contributed by atoms with Crippen LogP contribution in [0, 0.1) is 0 Å². The van der Waals surface area contributed by atoms with E-state index in [1.807, 2.05) is 12.1 Å². The van der Waals surface area contributed by atoms with Crippen LogP contribution in [0.2, 0.25) is 0 Å². The van der Waals surface area contributed by atoms with Crippen molar-refractivity contribution < 1.29 is 18.0 Å². The molecule has 2 amide bonds. The fourth-order valence-electron chi connectivity index (χ4n) is 3.48. The van der Waals surface area contributed by atoms with Crippen molar-refractivity contribution >= 4 is 32.6 Å². The molecule has 3 aromatic rings. The van der Waals surface area contributed by atoms with Gasteiger partial charge in [0.2, 0.25) is 15.9 Å². The van der Waals surface area contributed by atoms with Crippen molar-refractivity contribution in [1.82, 2.24) is 14.9 Å². The van der Waals surface area contributed by atoms with Gasteiger partial charge in [-0.2, -0.15) is 0 Å². The van der Waals surface area contributed by atoms with E-state index in [1.54, 1.807) is 0 Å². The lowest BCUT2D eigenvalue weighted by molar-refractivity contribution is -0.116. The molecule has 2 N–H and O–H groups in total. The Balaban J connectivity index is 1.51. The summed E-state index contributed by atoms with van der Waals surface area (Å²) >= 11 is 0. The highest BCUT2D eigenvalue weighted by Crippen LogP contribution is 2.17. The number of hydrogen-bond donors (Lipinski definition) is 2. The van der Waals surface area contributed by atoms with Crippen molar-refractivity contribution in [3.8, 4) is 0 Å². The van der Waals surface area contributed by atoms with Gasteiger partial charge in [-0.15, -0.1) is 0 Å². The standard InChI is InChI=1S/C26H29N3O4S/c1-3-25(30)27-16-6-18-29(2)34(32,33)24-13-11-22(12-14-24)26(31)28-17-15-20-9-10-21-7-4-5-8-23(21)19-20/h3-5,7-14,19H,1,6,15-18H2,2H3,(H,27,30)(H,28,31). The Morgan fingerprint density at radius 2 is 1.65 bits per heavy atom. The molecule has 0 fully saturated rings. The topological polar surface area (TPSA) is 95.6 Å². The Labute approximate surface area is 200 Å². The maximum Gasteiger partial charge on any atom is 0.251 e. The van der Waals surface area contributed by atoms with Gasteiger partial charge in [-0.25, -0.2) is 12.7 Å². The molecule has 0 aliphatic rings. The number of rotatable bonds is 11. The molecule has 0 spiro atoms. The number of hydrogen-bond acceptors (Lipinski definition) is 4. The number of fused-ring (bicyclic) bond motifs is 1. The third kappa shape index (κ3) is 6.52. The lowest BCUT2D eigenvalue weighted by Gasteiger charge is -2.17. The van der Waals surface area contributed by atoms with Crippen LogP contribution in [0.15, 0.2) is 84.3 Å². The van der Waals surface area contributed by atoms with Gasteiger partial charge < -0.3 is 10.6 Å². The molecular formula is C26H29N3O4S. The second-order valence-corrected chi connectivity index (χ2v) is 9.93. The number of amides is 2. The monoisotopic (exact) mass is 479 g/mol. The fourth-order valence-corrected chi connectivity index (χ4v) is 4.69. The zero-order valence-corrected chi connectivity index (χ0v) is 20.0. The molecule has 0 aliphatic heterocycles. The quantitative estimate of drug-likeness (QED) is 0.326. The summed E-state index contributed by atoms with van der Waals surface area (Å²) in [5, 5.41) is 7.83. The summed E-state index contributed by atoms with van der Waals surface area (Å²) in [5.74, 6) is -0.548. The van der Waals surface area contributed by atoms with Crippen LogP contribution in [-0.2, 0) is 21.2 Å². The second-order valence-electron chi connectivity index (χ2n) is 7.89. The third-order valence-electron chi connectivity index (χ3n) is 5.47. The Morgan fingerprint density at radius 1 is 0.941 bits per heavy atom. The first kappa shape index (κ1) is 25.1. The molecule has 8 heteroatoms. The molecule has 3 rings (SSSR count). The predicted octanol–water partition coefficient (Wildman–Crippen LogP) is 3.13. The molecule has 7 nitrogen and oxygen atoms in total. The van der Waals surface area contributed by atoms with Gasteiger partial charge in [0.1, 0.15) is 0 Å². The summed E-state index contributed by atoms with van der Waals surface area (Å²) in [7, 11) is -2.21. The van der Waals surface area contributed by atoms with Crippen LogP contribution in [0.5, 0.6) is 0 Å². The largest absolute Gasteiger partial charge is 0.353 e. The lowest BCUT2D eigenvalue weighted by atomic mass is 10.1. The van der Waals surface area contributed by atoms with Gasteiger partial charge in [-0.05, 0) is 59.5 Å². The van der Waals surface area contributed by atoms with Crippen LogP contribution in [0.4, 0.5) is 0 Å². The SMILES string of the molecule is C=CC(=O)NCCCN(C)S(=O)(=O)c1ccc(C(=O)NCCc2ccc3ccccc3c2)cc1. The minimum Gasteiger partial charge on any atom is -0.353 e. The average molecular weight is 480 g/mol. The van der Waals surface area contributed by atoms with E-state index in [4.69, 9.17) is 0 Å². The van der Waals surface area contributed by atoms with Crippen LogP contribution in [-0.4, -0.2) is 51.2 Å². The van der Waals surface area contributed by atoms with Crippen molar-refractivity contribution in [1.29, 1.82) is 0 Å². The van der Waals surface area contributed by atoms with Crippen LogP contribution < -0.4 is 10.6 Å². The van der Waals surface area contributed by atoms with Gasteiger partial charge in [0.25, 0.3) is 5.91 Å². The first-order valence-electron chi connectivity index (χ1n) is 11.0. The molecule has 178 valence electrons. The van der Waals surface area contributed by atoms with Gasteiger partial charge >= 0.3 is 0 Å². The van der Waals surface area contributed by atoms with Gasteiger partial charge in [-0.3, -0.25) is 9.59 Å². The maximum atomic E-state index is 12.7. The molecule has 0 saturated heterocycles. The Kier molecular flexibility index (Phi) is 8.56. The summed E-state index contributed by atoms with van der Waals surface area (Å²) in [6.45, 7) is 4.44. The smallest absolute Gasteiger partial charge is 0.251 e. The van der Waals surface area contributed by atoms with Crippen LogP contribution in [0.3, 0.4) is 0 Å². The molecule has 0 aliphatic carbocycles. The lowest BCUT2D eigenvalue weighted by Crippen LogP contribution is -2.31. The predicted molar refractivity (Wildman–Crippen MR) is 134 cm³/mol. The van der Waals surface area contributed by atoms with Gasteiger partial charge in [0, 0.05) is 32.2 Å². The molecule has 0 unspecified atom stereocenters. The number of carbonyl (C=O) groups is 2. The zero-order chi connectivity index (χ0) is 24.6. The third-order valence-corrected chi connectivity index (χ3v) is 7.34. The number of nitrogens with zero attached hydrogens (tertiary/aromatic N) is 1.